The number of nitrogens with zero attached hydrogens (tertiary/aromatic N) is 6. The van der Waals surface area contributed by atoms with Crippen molar-refractivity contribution in [1.29, 1.82) is 0 Å². The van der Waals surface area contributed by atoms with Gasteiger partial charge in [0.25, 0.3) is 0 Å². The van der Waals surface area contributed by atoms with Crippen LogP contribution in [0.1, 0.15) is 56.9 Å². The van der Waals surface area contributed by atoms with Crippen LogP contribution >= 0.6 is 0 Å². The lowest BCUT2D eigenvalue weighted by Crippen LogP contribution is -2.43. The predicted molar refractivity (Wildman–Crippen MR) is 193 cm³/mol. The topological polar surface area (TPSA) is 105 Å². The molecular formula is C39H42F3N7O4. The molecule has 4 fully saturated rings. The molecule has 278 valence electrons. The number of likely N-dealkylation sites (tertiary alicyclic amines) is 1. The van der Waals surface area contributed by atoms with Crippen molar-refractivity contribution >= 4 is 33.6 Å². The lowest BCUT2D eigenvalue weighted by molar-refractivity contribution is 0.103. The summed E-state index contributed by atoms with van der Waals surface area (Å²) in [6, 6.07) is 5.58. The van der Waals surface area contributed by atoms with Crippen LogP contribution in [0.25, 0.3) is 32.9 Å². The molecule has 1 N–H and O–H groups in total. The molecule has 53 heavy (non-hydrogen) atoms. The second kappa shape index (κ2) is 14.6. The highest BCUT2D eigenvalue weighted by Gasteiger charge is 2.49. The number of ether oxygens (including phenoxy) is 3. The van der Waals surface area contributed by atoms with E-state index in [1.165, 1.54) is 24.4 Å². The predicted octanol–water partition coefficient (Wildman–Crippen LogP) is 6.16. The van der Waals surface area contributed by atoms with Crippen molar-refractivity contribution in [3.63, 3.8) is 0 Å². The fourth-order valence-corrected chi connectivity index (χ4v) is 8.57. The summed E-state index contributed by atoms with van der Waals surface area (Å²) in [5.41, 5.74) is 2.73. The summed E-state index contributed by atoms with van der Waals surface area (Å²) in [7, 11) is 1.58. The minimum Gasteiger partial charge on any atom is -0.461 e. The molecule has 6 heterocycles. The molecule has 4 aliphatic heterocycles. The third kappa shape index (κ3) is 6.59. The number of methoxy groups -OCH3 is 1. The monoisotopic (exact) mass is 729 g/mol. The number of hydrogen-bond donors (Lipinski definition) is 1. The number of terminal acetylenes is 1. The van der Waals surface area contributed by atoms with Gasteiger partial charge in [-0.25, -0.2) is 23.4 Å². The van der Waals surface area contributed by atoms with E-state index in [9.17, 15) is 9.18 Å². The average molecular weight is 730 g/mol. The zero-order valence-corrected chi connectivity index (χ0v) is 29.7. The fourth-order valence-electron chi connectivity index (χ4n) is 8.57. The normalized spacial score (nSPS) is 23.4. The van der Waals surface area contributed by atoms with Gasteiger partial charge in [-0.2, -0.15) is 9.97 Å². The molecule has 8 rings (SSSR count). The van der Waals surface area contributed by atoms with E-state index in [-0.39, 0.29) is 52.1 Å². The van der Waals surface area contributed by atoms with Gasteiger partial charge in [0.05, 0.1) is 29.1 Å². The van der Waals surface area contributed by atoms with Crippen LogP contribution in [0.3, 0.4) is 0 Å². The summed E-state index contributed by atoms with van der Waals surface area (Å²) in [4.78, 5) is 31.1. The Labute approximate surface area is 305 Å². The van der Waals surface area contributed by atoms with E-state index in [4.69, 9.17) is 25.6 Å². The molecule has 0 bridgehead atoms. The summed E-state index contributed by atoms with van der Waals surface area (Å²) in [6.45, 7) is 3.51. The number of carbonyl (C=O) groups excluding carboxylic acids is 1. The van der Waals surface area contributed by atoms with Crippen LogP contribution in [0, 0.1) is 24.0 Å². The van der Waals surface area contributed by atoms with Crippen molar-refractivity contribution < 1.29 is 32.2 Å². The Hall–Kier alpha value is -4.71. The van der Waals surface area contributed by atoms with Gasteiger partial charge >= 0.3 is 12.1 Å². The second-order valence-corrected chi connectivity index (χ2v) is 14.4. The lowest BCUT2D eigenvalue weighted by atomic mass is 9.95. The van der Waals surface area contributed by atoms with E-state index in [1.807, 2.05) is 5.01 Å². The number of hydrogen-bond acceptors (Lipinski definition) is 10. The molecule has 0 radical (unpaired) electrons. The summed E-state index contributed by atoms with van der Waals surface area (Å²) in [6.07, 6.45) is 12.3. The minimum atomic E-state index is -0.941. The van der Waals surface area contributed by atoms with Crippen molar-refractivity contribution in [3.05, 3.63) is 47.7 Å². The largest absolute Gasteiger partial charge is 0.461 e. The summed E-state index contributed by atoms with van der Waals surface area (Å²) < 4.78 is 64.5. The Balaban J connectivity index is 1.24. The molecular weight excluding hydrogens is 687 g/mol. The number of anilines is 1. The Morgan fingerprint density at radius 3 is 2.85 bits per heavy atom. The van der Waals surface area contributed by atoms with Gasteiger partial charge in [0.15, 0.2) is 11.6 Å². The first kappa shape index (κ1) is 35.3. The van der Waals surface area contributed by atoms with Gasteiger partial charge in [-0.05, 0) is 68.7 Å². The molecule has 0 spiro atoms. The number of aromatic nitrogens is 3. The highest BCUT2D eigenvalue weighted by Crippen LogP contribution is 2.42. The van der Waals surface area contributed by atoms with Gasteiger partial charge in [0.1, 0.15) is 35.6 Å². The van der Waals surface area contributed by atoms with Crippen molar-refractivity contribution in [2.24, 2.45) is 0 Å². The number of hydrazine groups is 1. The van der Waals surface area contributed by atoms with Gasteiger partial charge in [-0.1, -0.05) is 18.4 Å². The summed E-state index contributed by atoms with van der Waals surface area (Å²) >= 11 is 0. The zero-order chi connectivity index (χ0) is 36.7. The summed E-state index contributed by atoms with van der Waals surface area (Å²) in [5, 5.41) is 2.87. The van der Waals surface area contributed by atoms with Crippen LogP contribution in [0.2, 0.25) is 0 Å². The van der Waals surface area contributed by atoms with Crippen LogP contribution in [0.5, 0.6) is 11.8 Å². The molecule has 14 heteroatoms. The van der Waals surface area contributed by atoms with Gasteiger partial charge in [-0.3, -0.25) is 14.9 Å². The van der Waals surface area contributed by atoms with Crippen molar-refractivity contribution in [2.45, 2.75) is 69.1 Å². The maximum atomic E-state index is 17.2. The smallest absolute Gasteiger partial charge is 0.415 e. The quantitative estimate of drug-likeness (QED) is 0.212. The van der Waals surface area contributed by atoms with Gasteiger partial charge in [-0.15, -0.1) is 6.42 Å². The van der Waals surface area contributed by atoms with Crippen LogP contribution in [-0.2, 0) is 4.74 Å². The molecule has 3 atom stereocenters. The second-order valence-electron chi connectivity index (χ2n) is 14.4. The Kier molecular flexibility index (Phi) is 9.74. The zero-order valence-electron chi connectivity index (χ0n) is 29.7. The van der Waals surface area contributed by atoms with E-state index in [0.717, 1.165) is 51.5 Å². The molecule has 4 aromatic rings. The average Bonchev–Trinajstić information content (AvgIpc) is 3.78. The molecule has 11 nitrogen and oxygen atoms in total. The molecule has 0 unspecified atom stereocenters. The molecule has 0 saturated carbocycles. The number of rotatable bonds is 8. The molecule has 2 aromatic heterocycles. The number of nitrogens with one attached hydrogen (secondary N) is 1. The summed E-state index contributed by atoms with van der Waals surface area (Å²) in [5.74, 6) is 1.45. The highest BCUT2D eigenvalue weighted by molar-refractivity contribution is 6.03. The van der Waals surface area contributed by atoms with Crippen molar-refractivity contribution in [2.75, 3.05) is 58.1 Å². The Bertz CT molecular complexity index is 2090. The van der Waals surface area contributed by atoms with Crippen LogP contribution in [-0.4, -0.2) is 102 Å². The number of amides is 1. The van der Waals surface area contributed by atoms with E-state index in [2.05, 4.69) is 26.2 Å². The molecule has 0 aliphatic carbocycles. The number of pyridine rings is 1. The number of benzene rings is 2. The van der Waals surface area contributed by atoms with E-state index < -0.39 is 29.4 Å². The van der Waals surface area contributed by atoms with Gasteiger partial charge < -0.3 is 19.1 Å². The van der Waals surface area contributed by atoms with Crippen LogP contribution < -0.4 is 19.9 Å². The SMILES string of the molecule is C#Cc1c(F)ccc2cc(OC(=O)N3CCC[C@H]3COC)cc(-c3ncc4c(N5CCCCCN5)nc(OC[C@@]56CCCN5C[C@H](F)C6)nc4c3F)c12. The van der Waals surface area contributed by atoms with E-state index in [1.54, 1.807) is 18.1 Å². The molecule has 4 aliphatic rings. The van der Waals surface area contributed by atoms with Crippen molar-refractivity contribution in [1.82, 2.24) is 30.2 Å². The maximum Gasteiger partial charge on any atom is 0.415 e. The molecule has 4 saturated heterocycles. The number of fused-ring (bicyclic) bond motifs is 3. The van der Waals surface area contributed by atoms with Crippen molar-refractivity contribution in [3.8, 4) is 35.4 Å². The van der Waals surface area contributed by atoms with Gasteiger partial charge in [0, 0.05) is 56.9 Å². The Morgan fingerprint density at radius 2 is 2.00 bits per heavy atom. The van der Waals surface area contributed by atoms with Crippen LogP contribution in [0.15, 0.2) is 30.5 Å². The van der Waals surface area contributed by atoms with E-state index in [0.29, 0.717) is 55.8 Å². The minimum absolute atomic E-state index is 0.0442. The number of alkyl halides is 1. The third-order valence-electron chi connectivity index (χ3n) is 11.1. The molecule has 1 amide bonds. The number of halogens is 3. The maximum absolute atomic E-state index is 17.2. The highest BCUT2D eigenvalue weighted by atomic mass is 19.1. The first-order chi connectivity index (χ1) is 25.8. The first-order valence-electron chi connectivity index (χ1n) is 18.4. The van der Waals surface area contributed by atoms with Crippen LogP contribution in [0.4, 0.5) is 23.8 Å². The standard InChI is InChI=1S/C39H42F3N7O4/c1-3-28-31(41)11-10-24-17-27(53-38(50)48-15-7-9-26(48)22-51-2)18-29(32(24)28)34-33(42)35-30(20-43-34)36(49-16-6-4-5-13-44-49)46-37(45-35)52-23-39-12-8-14-47(39)21-25(40)19-39/h1,10-11,17-18,20,25-26,44H,4-9,12-16,19,21-23H2,2H3/t25-,26+,39+/m1/s1. The third-order valence-corrected chi connectivity index (χ3v) is 11.1. The fraction of sp³-hybridized carbons (Fsp3) is 0.487. The molecule has 2 aromatic carbocycles. The van der Waals surface area contributed by atoms with E-state index >= 15 is 8.78 Å². The first-order valence-corrected chi connectivity index (χ1v) is 18.4. The Morgan fingerprint density at radius 1 is 1.11 bits per heavy atom. The number of carbonyl (C=O) groups is 1. The lowest BCUT2D eigenvalue weighted by Gasteiger charge is -2.31. The van der Waals surface area contributed by atoms with Gasteiger partial charge in [0.2, 0.25) is 0 Å².